The van der Waals surface area contributed by atoms with Gasteiger partial charge in [0.25, 0.3) is 0 Å². The molecule has 50 valence electrons. The molecule has 8 heavy (non-hydrogen) atoms. The van der Waals surface area contributed by atoms with Crippen LogP contribution in [0.15, 0.2) is 0 Å². The van der Waals surface area contributed by atoms with Crippen LogP contribution in [0.4, 0.5) is 4.39 Å². The second-order valence-electron chi connectivity index (χ2n) is 1.96. The van der Waals surface area contributed by atoms with Crippen LogP contribution in [0.2, 0.25) is 0 Å². The van der Waals surface area contributed by atoms with E-state index in [9.17, 15) is 4.39 Å². The first-order valence-corrected chi connectivity index (χ1v) is 2.95. The van der Waals surface area contributed by atoms with Crippen molar-refractivity contribution in [3.63, 3.8) is 0 Å². The second-order valence-corrected chi connectivity index (χ2v) is 1.96. The van der Waals surface area contributed by atoms with Gasteiger partial charge in [-0.1, -0.05) is 0 Å². The molecule has 0 N–H and O–H groups in total. The number of hydrogen-bond donors (Lipinski definition) is 0. The van der Waals surface area contributed by atoms with E-state index in [0.717, 1.165) is 0 Å². The van der Waals surface area contributed by atoms with Gasteiger partial charge in [0.15, 0.2) is 0 Å². The van der Waals surface area contributed by atoms with E-state index in [-0.39, 0.29) is 12.8 Å². The number of ether oxygens (including phenoxy) is 1. The molecule has 0 aliphatic carbocycles. The van der Waals surface area contributed by atoms with Gasteiger partial charge in [-0.2, -0.15) is 0 Å². The summed E-state index contributed by atoms with van der Waals surface area (Å²) in [5.74, 6) is 0. The lowest BCUT2D eigenvalue weighted by Gasteiger charge is -2.03. The number of halogens is 1. The molecule has 0 aromatic rings. The molecule has 0 unspecified atom stereocenters. The van der Waals surface area contributed by atoms with Crippen molar-refractivity contribution in [3.8, 4) is 0 Å². The van der Waals surface area contributed by atoms with E-state index in [4.69, 9.17) is 4.74 Å². The highest BCUT2D eigenvalue weighted by Gasteiger charge is 1.90. The number of hydrogen-bond acceptors (Lipinski definition) is 1. The largest absolute Gasteiger partial charge is 0.379 e. The lowest BCUT2D eigenvalue weighted by molar-refractivity contribution is 0.0736. The van der Waals surface area contributed by atoms with Gasteiger partial charge in [-0.25, -0.2) is 0 Å². The molecular formula is C6H13FO. The molecule has 0 fully saturated rings. The van der Waals surface area contributed by atoms with Gasteiger partial charge >= 0.3 is 0 Å². The van der Waals surface area contributed by atoms with Crippen LogP contribution in [0.5, 0.6) is 0 Å². The average molecular weight is 120 g/mol. The molecule has 0 bridgehead atoms. The van der Waals surface area contributed by atoms with Crippen LogP contribution in [0.1, 0.15) is 20.3 Å². The number of rotatable bonds is 4. The molecule has 0 rings (SSSR count). The van der Waals surface area contributed by atoms with Gasteiger partial charge < -0.3 is 4.74 Å². The zero-order valence-electron chi connectivity index (χ0n) is 5.48. The zero-order chi connectivity index (χ0) is 6.41. The molecule has 0 aromatic heterocycles. The van der Waals surface area contributed by atoms with Gasteiger partial charge in [0.2, 0.25) is 0 Å². The monoisotopic (exact) mass is 120 g/mol. The highest BCUT2D eigenvalue weighted by molar-refractivity contribution is 4.36. The molecule has 0 amide bonds. The molecule has 0 atom stereocenters. The van der Waals surface area contributed by atoms with E-state index >= 15 is 0 Å². The van der Waals surface area contributed by atoms with E-state index in [0.29, 0.717) is 13.0 Å². The van der Waals surface area contributed by atoms with Crippen molar-refractivity contribution in [1.29, 1.82) is 0 Å². The summed E-state index contributed by atoms with van der Waals surface area (Å²) in [4.78, 5) is 0. The Kier molecular flexibility index (Phi) is 4.97. The predicted molar refractivity (Wildman–Crippen MR) is 31.7 cm³/mol. The summed E-state index contributed by atoms with van der Waals surface area (Å²) >= 11 is 0. The van der Waals surface area contributed by atoms with Gasteiger partial charge in [-0.3, -0.25) is 4.39 Å². The predicted octanol–water partition coefficient (Wildman–Crippen LogP) is 1.77. The van der Waals surface area contributed by atoms with Gasteiger partial charge in [0, 0.05) is 6.61 Å². The van der Waals surface area contributed by atoms with E-state index in [2.05, 4.69) is 0 Å². The van der Waals surface area contributed by atoms with Gasteiger partial charge in [-0.15, -0.1) is 0 Å². The Labute approximate surface area is 49.8 Å². The van der Waals surface area contributed by atoms with Crippen LogP contribution in [-0.2, 0) is 4.74 Å². The third-order valence-electron chi connectivity index (χ3n) is 0.729. The van der Waals surface area contributed by atoms with E-state index < -0.39 is 0 Å². The van der Waals surface area contributed by atoms with Crippen LogP contribution >= 0.6 is 0 Å². The fraction of sp³-hybridized carbons (Fsp3) is 1.00. The Bertz CT molecular complexity index is 45.8. The molecule has 0 spiro atoms. The van der Waals surface area contributed by atoms with Crippen LogP contribution < -0.4 is 0 Å². The minimum atomic E-state index is -0.271. The zero-order valence-corrected chi connectivity index (χ0v) is 5.48. The number of alkyl halides is 1. The lowest BCUT2D eigenvalue weighted by atomic mass is 10.4. The fourth-order valence-electron chi connectivity index (χ4n) is 0.374. The maximum Gasteiger partial charge on any atom is 0.0916 e. The summed E-state index contributed by atoms with van der Waals surface area (Å²) in [6.07, 6.45) is 0.764. The van der Waals surface area contributed by atoms with Gasteiger partial charge in [0.1, 0.15) is 0 Å². The van der Waals surface area contributed by atoms with Crippen molar-refractivity contribution in [3.05, 3.63) is 0 Å². The van der Waals surface area contributed by atoms with Gasteiger partial charge in [0.05, 0.1) is 12.8 Å². The highest BCUT2D eigenvalue weighted by atomic mass is 19.1. The summed E-state index contributed by atoms with van der Waals surface area (Å²) in [6, 6.07) is 0. The van der Waals surface area contributed by atoms with Crippen molar-refractivity contribution in [2.45, 2.75) is 26.4 Å². The van der Waals surface area contributed by atoms with E-state index in [1.54, 1.807) is 0 Å². The highest BCUT2D eigenvalue weighted by Crippen LogP contribution is 1.89. The summed E-state index contributed by atoms with van der Waals surface area (Å²) in [5, 5.41) is 0. The first-order chi connectivity index (χ1) is 3.77. The fourth-order valence-corrected chi connectivity index (χ4v) is 0.374. The molecule has 1 nitrogen and oxygen atoms in total. The quantitative estimate of drug-likeness (QED) is 0.514. The van der Waals surface area contributed by atoms with Crippen molar-refractivity contribution in [1.82, 2.24) is 0 Å². The Balaban J connectivity index is 2.72. The van der Waals surface area contributed by atoms with E-state index in [1.807, 2.05) is 13.8 Å². The molecule has 0 saturated heterocycles. The maximum atomic E-state index is 11.4. The SMILES string of the molecule is CC(C)OCCCF. The van der Waals surface area contributed by atoms with Crippen LogP contribution in [0.3, 0.4) is 0 Å². The topological polar surface area (TPSA) is 9.23 Å². The molecule has 0 radical (unpaired) electrons. The van der Waals surface area contributed by atoms with E-state index in [1.165, 1.54) is 0 Å². The lowest BCUT2D eigenvalue weighted by Crippen LogP contribution is -2.03. The average Bonchev–Trinajstić information content (AvgIpc) is 1.66. The summed E-state index contributed by atoms with van der Waals surface area (Å²) in [6.45, 7) is 4.16. The minimum absolute atomic E-state index is 0.238. The molecule has 2 heteroatoms. The van der Waals surface area contributed by atoms with Crippen molar-refractivity contribution >= 4 is 0 Å². The molecule has 0 heterocycles. The van der Waals surface area contributed by atoms with Gasteiger partial charge in [-0.05, 0) is 20.3 Å². The van der Waals surface area contributed by atoms with Crippen molar-refractivity contribution in [2.24, 2.45) is 0 Å². The van der Waals surface area contributed by atoms with Crippen LogP contribution in [-0.4, -0.2) is 19.4 Å². The standard InChI is InChI=1S/C6H13FO/c1-6(2)8-5-3-4-7/h6H,3-5H2,1-2H3. The van der Waals surface area contributed by atoms with Crippen molar-refractivity contribution < 1.29 is 9.13 Å². The molecule has 0 aliphatic rings. The molecule has 0 aromatic carbocycles. The van der Waals surface area contributed by atoms with Crippen LogP contribution in [0.25, 0.3) is 0 Å². The Morgan fingerprint density at radius 1 is 1.50 bits per heavy atom. The molecule has 0 saturated carbocycles. The molecular weight excluding hydrogens is 107 g/mol. The first-order valence-electron chi connectivity index (χ1n) is 2.95. The van der Waals surface area contributed by atoms with Crippen LogP contribution in [0, 0.1) is 0 Å². The third-order valence-corrected chi connectivity index (χ3v) is 0.729. The normalized spacial score (nSPS) is 10.5. The first kappa shape index (κ1) is 7.89. The molecule has 0 aliphatic heterocycles. The maximum absolute atomic E-state index is 11.4. The smallest absolute Gasteiger partial charge is 0.0916 e. The third kappa shape index (κ3) is 5.89. The Hall–Kier alpha value is -0.110. The summed E-state index contributed by atoms with van der Waals surface area (Å²) in [7, 11) is 0. The Morgan fingerprint density at radius 2 is 2.12 bits per heavy atom. The second kappa shape index (κ2) is 5.04. The Morgan fingerprint density at radius 3 is 2.50 bits per heavy atom. The summed E-state index contributed by atoms with van der Waals surface area (Å²) < 4.78 is 16.4. The summed E-state index contributed by atoms with van der Waals surface area (Å²) in [5.41, 5.74) is 0. The minimum Gasteiger partial charge on any atom is -0.379 e. The van der Waals surface area contributed by atoms with Crippen molar-refractivity contribution in [2.75, 3.05) is 13.3 Å².